The molecule has 3 nitrogen and oxygen atoms in total. The summed E-state index contributed by atoms with van der Waals surface area (Å²) < 4.78 is 13.1. The predicted octanol–water partition coefficient (Wildman–Crippen LogP) is 2.10. The van der Waals surface area contributed by atoms with Crippen LogP contribution < -0.4 is 10.6 Å². The fourth-order valence-corrected chi connectivity index (χ4v) is 2.27. The average molecular weight is 221 g/mol. The van der Waals surface area contributed by atoms with Crippen LogP contribution in [-0.2, 0) is 0 Å². The largest absolute Gasteiger partial charge is 0.384 e. The molecule has 0 aliphatic carbocycles. The minimum Gasteiger partial charge on any atom is -0.384 e. The highest BCUT2D eigenvalue weighted by atomic mass is 19.1. The molecule has 0 radical (unpaired) electrons. The van der Waals surface area contributed by atoms with Gasteiger partial charge >= 0.3 is 0 Å². The summed E-state index contributed by atoms with van der Waals surface area (Å²) in [6.07, 6.45) is 2.27. The summed E-state index contributed by atoms with van der Waals surface area (Å²) in [7, 11) is 0. The number of rotatable bonds is 2. The highest BCUT2D eigenvalue weighted by Crippen LogP contribution is 2.28. The van der Waals surface area contributed by atoms with Crippen molar-refractivity contribution in [3.05, 3.63) is 29.6 Å². The molecule has 0 saturated carbocycles. The number of hydrogen-bond acceptors (Lipinski definition) is 2. The van der Waals surface area contributed by atoms with E-state index < -0.39 is 0 Å². The Labute approximate surface area is 94.6 Å². The molecule has 1 atom stereocenters. The van der Waals surface area contributed by atoms with E-state index in [-0.39, 0.29) is 11.7 Å². The van der Waals surface area contributed by atoms with E-state index >= 15 is 0 Å². The van der Waals surface area contributed by atoms with Crippen molar-refractivity contribution in [2.24, 2.45) is 5.73 Å². The van der Waals surface area contributed by atoms with Gasteiger partial charge in [0.2, 0.25) is 0 Å². The second-order valence-corrected chi connectivity index (χ2v) is 4.26. The van der Waals surface area contributed by atoms with Gasteiger partial charge in [-0.1, -0.05) is 0 Å². The first-order chi connectivity index (χ1) is 7.59. The molecule has 1 aromatic rings. The van der Waals surface area contributed by atoms with Crippen molar-refractivity contribution < 1.29 is 4.39 Å². The number of amidine groups is 1. The molecule has 1 saturated heterocycles. The van der Waals surface area contributed by atoms with Crippen molar-refractivity contribution in [2.75, 3.05) is 11.4 Å². The molecule has 0 aromatic heterocycles. The number of halogens is 1. The lowest BCUT2D eigenvalue weighted by Crippen LogP contribution is -2.29. The molecular weight excluding hydrogens is 205 g/mol. The van der Waals surface area contributed by atoms with Crippen molar-refractivity contribution in [2.45, 2.75) is 25.8 Å². The van der Waals surface area contributed by atoms with E-state index in [1.165, 1.54) is 12.1 Å². The Morgan fingerprint density at radius 1 is 1.56 bits per heavy atom. The third-order valence-electron chi connectivity index (χ3n) is 3.11. The van der Waals surface area contributed by atoms with Crippen LogP contribution in [0, 0.1) is 11.2 Å². The fraction of sp³-hybridized carbons (Fsp3) is 0.417. The Balaban J connectivity index is 2.43. The van der Waals surface area contributed by atoms with Gasteiger partial charge in [-0.25, -0.2) is 4.39 Å². The number of hydrogen-bond donors (Lipinski definition) is 2. The fourth-order valence-electron chi connectivity index (χ4n) is 2.27. The van der Waals surface area contributed by atoms with E-state index in [1.54, 1.807) is 6.07 Å². The Morgan fingerprint density at radius 3 is 2.88 bits per heavy atom. The molecule has 16 heavy (non-hydrogen) atoms. The van der Waals surface area contributed by atoms with Crippen LogP contribution in [0.5, 0.6) is 0 Å². The lowest BCUT2D eigenvalue weighted by molar-refractivity contribution is 0.626. The molecule has 3 N–H and O–H groups in total. The Kier molecular flexibility index (Phi) is 2.81. The van der Waals surface area contributed by atoms with Crippen LogP contribution >= 0.6 is 0 Å². The molecule has 1 aliphatic rings. The van der Waals surface area contributed by atoms with Gasteiger partial charge in [0.05, 0.1) is 0 Å². The summed E-state index contributed by atoms with van der Waals surface area (Å²) in [5.41, 5.74) is 6.85. The van der Waals surface area contributed by atoms with E-state index in [2.05, 4.69) is 11.8 Å². The van der Waals surface area contributed by atoms with Crippen LogP contribution in [0.3, 0.4) is 0 Å². The lowest BCUT2D eigenvalue weighted by Gasteiger charge is -2.26. The third kappa shape index (κ3) is 1.87. The van der Waals surface area contributed by atoms with E-state index in [0.29, 0.717) is 11.6 Å². The molecular formula is C12H16FN3. The van der Waals surface area contributed by atoms with E-state index in [0.717, 1.165) is 25.1 Å². The standard InChI is InChI=1S/C12H16FN3/c1-8-3-2-6-16(8)11-5-4-9(13)7-10(11)12(14)15/h4-5,7-8H,2-3,6H2,1H3,(H3,14,15). The number of nitrogen functional groups attached to an aromatic ring is 1. The molecule has 0 spiro atoms. The summed E-state index contributed by atoms with van der Waals surface area (Å²) in [6, 6.07) is 4.91. The zero-order valence-corrected chi connectivity index (χ0v) is 9.33. The summed E-state index contributed by atoms with van der Waals surface area (Å²) in [6.45, 7) is 3.09. The maximum atomic E-state index is 13.1. The van der Waals surface area contributed by atoms with E-state index in [1.807, 2.05) is 0 Å². The van der Waals surface area contributed by atoms with Crippen molar-refractivity contribution in [3.63, 3.8) is 0 Å². The van der Waals surface area contributed by atoms with Crippen molar-refractivity contribution in [3.8, 4) is 0 Å². The average Bonchev–Trinajstić information content (AvgIpc) is 2.64. The van der Waals surface area contributed by atoms with Crippen molar-refractivity contribution >= 4 is 11.5 Å². The lowest BCUT2D eigenvalue weighted by atomic mass is 10.1. The highest BCUT2D eigenvalue weighted by molar-refractivity contribution is 6.00. The van der Waals surface area contributed by atoms with Crippen molar-refractivity contribution in [1.29, 1.82) is 5.41 Å². The molecule has 1 fully saturated rings. The predicted molar refractivity (Wildman–Crippen MR) is 63.5 cm³/mol. The van der Waals surface area contributed by atoms with Crippen LogP contribution in [0.25, 0.3) is 0 Å². The first kappa shape index (κ1) is 10.9. The minimum absolute atomic E-state index is 0.0754. The van der Waals surface area contributed by atoms with Crippen LogP contribution in [-0.4, -0.2) is 18.4 Å². The number of nitrogens with one attached hydrogen (secondary N) is 1. The van der Waals surface area contributed by atoms with Gasteiger partial charge in [-0.05, 0) is 38.0 Å². The van der Waals surface area contributed by atoms with E-state index in [9.17, 15) is 4.39 Å². The molecule has 4 heteroatoms. The number of benzene rings is 1. The third-order valence-corrected chi connectivity index (χ3v) is 3.11. The van der Waals surface area contributed by atoms with Gasteiger partial charge in [0.1, 0.15) is 11.7 Å². The molecule has 0 amide bonds. The first-order valence-corrected chi connectivity index (χ1v) is 5.50. The first-order valence-electron chi connectivity index (χ1n) is 5.50. The molecule has 1 aromatic carbocycles. The molecule has 2 rings (SSSR count). The van der Waals surface area contributed by atoms with Gasteiger partial charge in [-0.3, -0.25) is 5.41 Å². The maximum absolute atomic E-state index is 13.1. The Hall–Kier alpha value is -1.58. The van der Waals surface area contributed by atoms with Crippen LogP contribution in [0.2, 0.25) is 0 Å². The van der Waals surface area contributed by atoms with Crippen LogP contribution in [0.1, 0.15) is 25.3 Å². The van der Waals surface area contributed by atoms with Gasteiger partial charge in [-0.2, -0.15) is 0 Å². The second kappa shape index (κ2) is 4.12. The number of anilines is 1. The van der Waals surface area contributed by atoms with Crippen LogP contribution in [0.15, 0.2) is 18.2 Å². The van der Waals surface area contributed by atoms with Gasteiger partial charge < -0.3 is 10.6 Å². The van der Waals surface area contributed by atoms with Gasteiger partial charge in [0.15, 0.2) is 0 Å². The molecule has 1 unspecified atom stereocenters. The molecule has 0 bridgehead atoms. The van der Waals surface area contributed by atoms with Gasteiger partial charge in [0.25, 0.3) is 0 Å². The Bertz CT molecular complexity index is 417. The maximum Gasteiger partial charge on any atom is 0.125 e. The van der Waals surface area contributed by atoms with E-state index in [4.69, 9.17) is 11.1 Å². The minimum atomic E-state index is -0.346. The zero-order chi connectivity index (χ0) is 11.7. The summed E-state index contributed by atoms with van der Waals surface area (Å²) in [5.74, 6) is -0.422. The highest BCUT2D eigenvalue weighted by Gasteiger charge is 2.23. The number of nitrogens with two attached hydrogens (primary N) is 1. The molecule has 1 aliphatic heterocycles. The summed E-state index contributed by atoms with van der Waals surface area (Å²) in [4.78, 5) is 2.19. The SMILES string of the molecule is CC1CCCN1c1ccc(F)cc1C(=N)N. The summed E-state index contributed by atoms with van der Waals surface area (Å²) in [5, 5.41) is 7.49. The zero-order valence-electron chi connectivity index (χ0n) is 9.33. The number of nitrogens with zero attached hydrogens (tertiary/aromatic N) is 1. The molecule has 86 valence electrons. The van der Waals surface area contributed by atoms with Gasteiger partial charge in [-0.15, -0.1) is 0 Å². The second-order valence-electron chi connectivity index (χ2n) is 4.26. The molecule has 1 heterocycles. The quantitative estimate of drug-likeness (QED) is 0.593. The Morgan fingerprint density at radius 2 is 2.31 bits per heavy atom. The van der Waals surface area contributed by atoms with Gasteiger partial charge in [0, 0.05) is 23.8 Å². The van der Waals surface area contributed by atoms with Crippen LogP contribution in [0.4, 0.5) is 10.1 Å². The normalized spacial score (nSPS) is 20.1. The topological polar surface area (TPSA) is 53.1 Å². The van der Waals surface area contributed by atoms with Crippen molar-refractivity contribution in [1.82, 2.24) is 0 Å². The summed E-state index contributed by atoms with van der Waals surface area (Å²) >= 11 is 0. The smallest absolute Gasteiger partial charge is 0.125 e. The monoisotopic (exact) mass is 221 g/mol.